The first-order valence-electron chi connectivity index (χ1n) is 20.6. The Bertz CT molecular complexity index is 3290. The minimum atomic E-state index is 1.08. The van der Waals surface area contributed by atoms with Crippen molar-refractivity contribution in [1.29, 1.82) is 0 Å². The van der Waals surface area contributed by atoms with E-state index < -0.39 is 0 Å². The molecule has 0 bridgehead atoms. The van der Waals surface area contributed by atoms with Crippen molar-refractivity contribution in [3.8, 4) is 50.2 Å². The van der Waals surface area contributed by atoms with Gasteiger partial charge in [-0.1, -0.05) is 194 Å². The molecule has 0 fully saturated rings. The zero-order valence-corrected chi connectivity index (χ0v) is 33.0. The van der Waals surface area contributed by atoms with Gasteiger partial charge in [0.25, 0.3) is 0 Å². The number of aromatic nitrogens is 1. The van der Waals surface area contributed by atoms with E-state index >= 15 is 0 Å². The molecular formula is C58H40N2. The van der Waals surface area contributed by atoms with E-state index in [9.17, 15) is 0 Å². The molecule has 0 saturated heterocycles. The van der Waals surface area contributed by atoms with Crippen molar-refractivity contribution < 1.29 is 0 Å². The van der Waals surface area contributed by atoms with Crippen molar-refractivity contribution in [2.75, 3.05) is 4.90 Å². The summed E-state index contributed by atoms with van der Waals surface area (Å²) in [6, 6.07) is 87.9. The molecule has 1 heterocycles. The summed E-state index contributed by atoms with van der Waals surface area (Å²) < 4.78 is 2.45. The van der Waals surface area contributed by atoms with Gasteiger partial charge < -0.3 is 9.47 Å². The van der Waals surface area contributed by atoms with E-state index in [0.29, 0.717) is 0 Å². The molecule has 60 heavy (non-hydrogen) atoms. The van der Waals surface area contributed by atoms with Gasteiger partial charge in [0.2, 0.25) is 0 Å². The van der Waals surface area contributed by atoms with Crippen LogP contribution in [-0.2, 0) is 0 Å². The first-order chi connectivity index (χ1) is 29.8. The molecule has 0 saturated carbocycles. The maximum Gasteiger partial charge on any atom is 0.0561 e. The van der Waals surface area contributed by atoms with Crippen LogP contribution in [0.4, 0.5) is 17.1 Å². The molecule has 282 valence electrons. The van der Waals surface area contributed by atoms with Crippen LogP contribution >= 0.6 is 0 Å². The highest BCUT2D eigenvalue weighted by atomic mass is 15.1. The minimum absolute atomic E-state index is 1.08. The molecule has 0 aliphatic carbocycles. The van der Waals surface area contributed by atoms with Gasteiger partial charge >= 0.3 is 0 Å². The lowest BCUT2D eigenvalue weighted by atomic mass is 9.91. The lowest BCUT2D eigenvalue weighted by molar-refractivity contribution is 1.18. The highest BCUT2D eigenvalue weighted by Crippen LogP contribution is 2.45. The van der Waals surface area contributed by atoms with Crippen molar-refractivity contribution >= 4 is 49.6 Å². The second kappa shape index (κ2) is 15.1. The Morgan fingerprint density at radius 2 is 0.833 bits per heavy atom. The lowest BCUT2D eigenvalue weighted by Gasteiger charge is -2.28. The first-order valence-corrected chi connectivity index (χ1v) is 20.6. The maximum absolute atomic E-state index is 2.45. The van der Waals surface area contributed by atoms with Crippen LogP contribution in [0.1, 0.15) is 0 Å². The Hall–Kier alpha value is -7.94. The molecule has 0 aliphatic rings. The summed E-state index contributed by atoms with van der Waals surface area (Å²) in [6.45, 7) is 0. The fourth-order valence-corrected chi connectivity index (χ4v) is 8.99. The van der Waals surface area contributed by atoms with Crippen molar-refractivity contribution in [1.82, 2.24) is 4.57 Å². The lowest BCUT2D eigenvalue weighted by Crippen LogP contribution is -2.11. The van der Waals surface area contributed by atoms with E-state index in [4.69, 9.17) is 0 Å². The van der Waals surface area contributed by atoms with Gasteiger partial charge in [-0.25, -0.2) is 0 Å². The molecule has 10 aromatic carbocycles. The van der Waals surface area contributed by atoms with Crippen LogP contribution in [-0.4, -0.2) is 4.57 Å². The van der Waals surface area contributed by atoms with Gasteiger partial charge in [0.05, 0.1) is 16.7 Å². The monoisotopic (exact) mass is 764 g/mol. The molecule has 0 atom stereocenters. The van der Waals surface area contributed by atoms with Crippen LogP contribution in [0.5, 0.6) is 0 Å². The number of para-hydroxylation sites is 2. The second-order valence-electron chi connectivity index (χ2n) is 15.3. The Balaban J connectivity index is 1.14. The molecule has 11 rings (SSSR count). The third kappa shape index (κ3) is 6.23. The number of hydrogen-bond acceptors (Lipinski definition) is 1. The molecule has 11 aromatic rings. The number of fused-ring (bicyclic) bond motifs is 4. The summed E-state index contributed by atoms with van der Waals surface area (Å²) in [6.07, 6.45) is 0. The van der Waals surface area contributed by atoms with E-state index in [0.717, 1.165) is 28.3 Å². The predicted octanol–water partition coefficient (Wildman–Crippen LogP) is 16.1. The van der Waals surface area contributed by atoms with Crippen molar-refractivity contribution in [2.24, 2.45) is 0 Å². The average Bonchev–Trinajstić information content (AvgIpc) is 3.66. The molecule has 0 spiro atoms. The molecule has 2 heteroatoms. The van der Waals surface area contributed by atoms with Gasteiger partial charge in [-0.05, 0) is 98.2 Å². The Kier molecular flexibility index (Phi) is 8.87. The molecule has 2 nitrogen and oxygen atoms in total. The minimum Gasteiger partial charge on any atom is -0.310 e. The van der Waals surface area contributed by atoms with Gasteiger partial charge in [0.1, 0.15) is 0 Å². The first kappa shape index (κ1) is 35.2. The highest BCUT2D eigenvalue weighted by molar-refractivity contribution is 6.11. The van der Waals surface area contributed by atoms with Crippen LogP contribution in [0, 0.1) is 0 Å². The van der Waals surface area contributed by atoms with Gasteiger partial charge in [-0.3, -0.25) is 0 Å². The van der Waals surface area contributed by atoms with Crippen LogP contribution in [0.15, 0.2) is 243 Å². The third-order valence-electron chi connectivity index (χ3n) is 11.8. The topological polar surface area (TPSA) is 8.17 Å². The van der Waals surface area contributed by atoms with Crippen LogP contribution in [0.25, 0.3) is 82.8 Å². The van der Waals surface area contributed by atoms with E-state index in [2.05, 4.69) is 252 Å². The Labute approximate surface area is 350 Å². The number of rotatable bonds is 8. The molecule has 1 aromatic heterocycles. The molecule has 0 unspecified atom stereocenters. The Morgan fingerprint density at radius 1 is 0.283 bits per heavy atom. The van der Waals surface area contributed by atoms with Crippen LogP contribution in [0.2, 0.25) is 0 Å². The van der Waals surface area contributed by atoms with Gasteiger partial charge in [0.15, 0.2) is 0 Å². The summed E-state index contributed by atoms with van der Waals surface area (Å²) in [7, 11) is 0. The second-order valence-corrected chi connectivity index (χ2v) is 15.3. The normalized spacial score (nSPS) is 11.3. The molecular weight excluding hydrogens is 725 g/mol. The van der Waals surface area contributed by atoms with E-state index in [1.807, 2.05) is 0 Å². The van der Waals surface area contributed by atoms with E-state index in [-0.39, 0.29) is 0 Å². The molecule has 0 radical (unpaired) electrons. The van der Waals surface area contributed by atoms with Crippen molar-refractivity contribution in [3.63, 3.8) is 0 Å². The molecule has 0 aliphatic heterocycles. The summed E-state index contributed by atoms with van der Waals surface area (Å²) in [5, 5.41) is 4.92. The number of nitrogens with zero attached hydrogens (tertiary/aromatic N) is 2. The predicted molar refractivity (Wildman–Crippen MR) is 255 cm³/mol. The average molecular weight is 765 g/mol. The quantitative estimate of drug-likeness (QED) is 0.150. The van der Waals surface area contributed by atoms with Crippen LogP contribution in [0.3, 0.4) is 0 Å². The number of hydrogen-bond donors (Lipinski definition) is 0. The smallest absolute Gasteiger partial charge is 0.0561 e. The molecule has 0 amide bonds. The van der Waals surface area contributed by atoms with E-state index in [1.165, 1.54) is 71.6 Å². The largest absolute Gasteiger partial charge is 0.310 e. The highest BCUT2D eigenvalue weighted by Gasteiger charge is 2.21. The molecule has 0 N–H and O–H groups in total. The van der Waals surface area contributed by atoms with Crippen molar-refractivity contribution in [3.05, 3.63) is 243 Å². The third-order valence-corrected chi connectivity index (χ3v) is 11.8. The SMILES string of the molecule is c1ccc(-c2ccc(N(c3ccc4c5ccccc5n(-c5ccc(-c6cccc7ccccc67)c(-c6ccccc6)c5)c4c3)c3ccccc3-c3ccccc3)cc2)cc1. The summed E-state index contributed by atoms with van der Waals surface area (Å²) in [4.78, 5) is 2.41. The van der Waals surface area contributed by atoms with Gasteiger partial charge in [-0.2, -0.15) is 0 Å². The zero-order valence-electron chi connectivity index (χ0n) is 33.0. The number of benzene rings is 10. The summed E-state index contributed by atoms with van der Waals surface area (Å²) in [5.74, 6) is 0. The summed E-state index contributed by atoms with van der Waals surface area (Å²) >= 11 is 0. The number of anilines is 3. The standard InChI is InChI=1S/C58H40N2/c1-4-17-41(18-5-1)42-31-33-46(34-32-42)59(56-29-14-12-26-50(56)44-19-6-2-7-20-44)48-36-38-54-53-27-13-15-30-57(53)60(58(54)40-48)47-35-37-52(55(39-47)45-21-8-3-9-22-45)51-28-16-24-43-23-10-11-25-49(43)51/h1-40H. The summed E-state index contributed by atoms with van der Waals surface area (Å²) in [5.41, 5.74) is 16.3. The Morgan fingerprint density at radius 3 is 1.60 bits per heavy atom. The van der Waals surface area contributed by atoms with Crippen LogP contribution < -0.4 is 4.90 Å². The van der Waals surface area contributed by atoms with Gasteiger partial charge in [0, 0.05) is 33.4 Å². The fourth-order valence-electron chi connectivity index (χ4n) is 8.99. The van der Waals surface area contributed by atoms with E-state index in [1.54, 1.807) is 0 Å². The maximum atomic E-state index is 2.45. The van der Waals surface area contributed by atoms with Gasteiger partial charge in [-0.15, -0.1) is 0 Å². The van der Waals surface area contributed by atoms with Crippen molar-refractivity contribution in [2.45, 2.75) is 0 Å². The zero-order chi connectivity index (χ0) is 39.8. The fraction of sp³-hybridized carbons (Fsp3) is 0.